The summed E-state index contributed by atoms with van der Waals surface area (Å²) in [5, 5.41) is 0. The van der Waals surface area contributed by atoms with Gasteiger partial charge in [0.1, 0.15) is 6.23 Å². The van der Waals surface area contributed by atoms with Gasteiger partial charge in [0.15, 0.2) is 0 Å². The predicted octanol–water partition coefficient (Wildman–Crippen LogP) is 0.294. The molecule has 46 valence electrons. The van der Waals surface area contributed by atoms with Crippen LogP contribution < -0.4 is 0 Å². The van der Waals surface area contributed by atoms with Crippen molar-refractivity contribution in [1.82, 2.24) is 4.90 Å². The predicted molar refractivity (Wildman–Crippen MR) is 30.5 cm³/mol. The van der Waals surface area contributed by atoms with Gasteiger partial charge in [0.25, 0.3) is 0 Å². The van der Waals surface area contributed by atoms with Crippen molar-refractivity contribution in [3.05, 3.63) is 0 Å². The molecule has 0 aromatic rings. The lowest BCUT2D eigenvalue weighted by Gasteiger charge is -2.37. The Morgan fingerprint density at radius 1 is 1.62 bits per heavy atom. The summed E-state index contributed by atoms with van der Waals surface area (Å²) in [6, 6.07) is 0. The SMILES string of the molecule is COC1C2CCN1C2. The molecule has 0 saturated carbocycles. The van der Waals surface area contributed by atoms with E-state index in [-0.39, 0.29) is 0 Å². The number of nitrogens with zero attached hydrogens (tertiary/aromatic N) is 1. The second kappa shape index (κ2) is 1.45. The van der Waals surface area contributed by atoms with Gasteiger partial charge in [0, 0.05) is 26.1 Å². The molecule has 3 atom stereocenters. The first-order chi connectivity index (χ1) is 3.92. The highest BCUT2D eigenvalue weighted by Gasteiger charge is 2.44. The summed E-state index contributed by atoms with van der Waals surface area (Å²) in [5.41, 5.74) is 0. The molecule has 0 aliphatic carbocycles. The second-order valence-corrected chi connectivity index (χ2v) is 2.67. The van der Waals surface area contributed by atoms with Crippen molar-refractivity contribution in [2.24, 2.45) is 5.92 Å². The molecule has 3 rings (SSSR count). The number of hydrogen-bond acceptors (Lipinski definition) is 2. The smallest absolute Gasteiger partial charge is 0.114 e. The molecular formula is C6H11NO. The molecule has 3 unspecified atom stereocenters. The fourth-order valence-corrected chi connectivity index (χ4v) is 1.78. The average molecular weight is 113 g/mol. The van der Waals surface area contributed by atoms with Crippen LogP contribution in [0.25, 0.3) is 0 Å². The largest absolute Gasteiger partial charge is 0.366 e. The minimum Gasteiger partial charge on any atom is -0.366 e. The van der Waals surface area contributed by atoms with Crippen LogP contribution in [0.1, 0.15) is 6.42 Å². The van der Waals surface area contributed by atoms with Crippen LogP contribution in [0.5, 0.6) is 0 Å². The van der Waals surface area contributed by atoms with Crippen LogP contribution in [0.15, 0.2) is 0 Å². The maximum Gasteiger partial charge on any atom is 0.114 e. The van der Waals surface area contributed by atoms with Crippen LogP contribution in [0.2, 0.25) is 0 Å². The van der Waals surface area contributed by atoms with Crippen LogP contribution in [-0.2, 0) is 4.74 Å². The Morgan fingerprint density at radius 2 is 2.50 bits per heavy atom. The van der Waals surface area contributed by atoms with Crippen LogP contribution in [0.4, 0.5) is 0 Å². The molecule has 0 N–H and O–H groups in total. The molecule has 3 fully saturated rings. The lowest BCUT2D eigenvalue weighted by Crippen LogP contribution is -2.48. The monoisotopic (exact) mass is 113 g/mol. The molecule has 3 aliphatic rings. The Labute approximate surface area is 49.4 Å². The molecule has 2 bridgehead atoms. The van der Waals surface area contributed by atoms with Gasteiger partial charge in [-0.05, 0) is 6.42 Å². The van der Waals surface area contributed by atoms with Gasteiger partial charge in [-0.2, -0.15) is 0 Å². The van der Waals surface area contributed by atoms with Crippen molar-refractivity contribution in [1.29, 1.82) is 0 Å². The molecule has 8 heavy (non-hydrogen) atoms. The van der Waals surface area contributed by atoms with E-state index < -0.39 is 0 Å². The Kier molecular flexibility index (Phi) is 0.866. The Morgan fingerprint density at radius 3 is 2.75 bits per heavy atom. The quantitative estimate of drug-likeness (QED) is 0.484. The molecule has 0 spiro atoms. The molecule has 3 heterocycles. The zero-order valence-electron chi connectivity index (χ0n) is 5.13. The number of ether oxygens (including phenoxy) is 1. The number of methoxy groups -OCH3 is 1. The Hall–Kier alpha value is -0.0800. The minimum absolute atomic E-state index is 0.495. The third-order valence-electron chi connectivity index (χ3n) is 2.26. The first-order valence-electron chi connectivity index (χ1n) is 3.18. The van der Waals surface area contributed by atoms with E-state index in [1.807, 2.05) is 0 Å². The lowest BCUT2D eigenvalue weighted by atomic mass is 10.0. The number of hydrogen-bond donors (Lipinski definition) is 0. The standard InChI is InChI=1S/C6H11NO/c1-8-6-5-2-3-7(6)4-5/h5-6H,2-4H2,1H3. The van der Waals surface area contributed by atoms with Gasteiger partial charge < -0.3 is 4.74 Å². The summed E-state index contributed by atoms with van der Waals surface area (Å²) in [5.74, 6) is 0.875. The van der Waals surface area contributed by atoms with E-state index in [0.29, 0.717) is 6.23 Å². The molecule has 0 aromatic heterocycles. The van der Waals surface area contributed by atoms with Crippen molar-refractivity contribution < 1.29 is 4.74 Å². The maximum atomic E-state index is 5.20. The van der Waals surface area contributed by atoms with Gasteiger partial charge in [-0.1, -0.05) is 0 Å². The molecule has 0 amide bonds. The van der Waals surface area contributed by atoms with E-state index in [1.165, 1.54) is 19.5 Å². The Balaban J connectivity index is 2.02. The highest BCUT2D eigenvalue weighted by atomic mass is 16.5. The summed E-state index contributed by atoms with van der Waals surface area (Å²) >= 11 is 0. The van der Waals surface area contributed by atoms with Crippen molar-refractivity contribution in [3.8, 4) is 0 Å². The normalized spacial score (nSPS) is 51.4. The zero-order chi connectivity index (χ0) is 5.56. The summed E-state index contributed by atoms with van der Waals surface area (Å²) in [7, 11) is 1.80. The van der Waals surface area contributed by atoms with E-state index in [9.17, 15) is 0 Å². The number of rotatable bonds is 1. The van der Waals surface area contributed by atoms with E-state index in [0.717, 1.165) is 5.92 Å². The fraction of sp³-hybridized carbons (Fsp3) is 1.00. The molecular weight excluding hydrogens is 102 g/mol. The Bertz CT molecular complexity index is 90.7. The van der Waals surface area contributed by atoms with Gasteiger partial charge >= 0.3 is 0 Å². The minimum atomic E-state index is 0.495. The van der Waals surface area contributed by atoms with Gasteiger partial charge in [-0.3, -0.25) is 4.90 Å². The van der Waals surface area contributed by atoms with Gasteiger partial charge in [-0.15, -0.1) is 0 Å². The van der Waals surface area contributed by atoms with Crippen molar-refractivity contribution in [3.63, 3.8) is 0 Å². The highest BCUT2D eigenvalue weighted by Crippen LogP contribution is 2.35. The van der Waals surface area contributed by atoms with Gasteiger partial charge in [0.05, 0.1) is 0 Å². The summed E-state index contributed by atoms with van der Waals surface area (Å²) in [6.07, 6.45) is 1.86. The first-order valence-corrected chi connectivity index (χ1v) is 3.18. The third-order valence-corrected chi connectivity index (χ3v) is 2.26. The van der Waals surface area contributed by atoms with Crippen LogP contribution >= 0.6 is 0 Å². The molecule has 3 saturated heterocycles. The second-order valence-electron chi connectivity index (χ2n) is 2.67. The number of fused-ring (bicyclic) bond motifs is 1. The highest BCUT2D eigenvalue weighted by molar-refractivity contribution is 4.92. The van der Waals surface area contributed by atoms with Crippen LogP contribution in [0.3, 0.4) is 0 Å². The molecule has 0 radical (unpaired) electrons. The summed E-state index contributed by atoms with van der Waals surface area (Å²) in [4.78, 5) is 2.38. The van der Waals surface area contributed by atoms with E-state index in [4.69, 9.17) is 4.74 Å². The topological polar surface area (TPSA) is 12.5 Å². The zero-order valence-corrected chi connectivity index (χ0v) is 5.13. The lowest BCUT2D eigenvalue weighted by molar-refractivity contribution is -0.101. The molecule has 2 heteroatoms. The van der Waals surface area contributed by atoms with Crippen molar-refractivity contribution >= 4 is 0 Å². The maximum absolute atomic E-state index is 5.20. The van der Waals surface area contributed by atoms with Crippen molar-refractivity contribution in [2.75, 3.05) is 20.2 Å². The first kappa shape index (κ1) is 4.77. The average Bonchev–Trinajstić information content (AvgIpc) is 2.19. The third kappa shape index (κ3) is 0.400. The van der Waals surface area contributed by atoms with E-state index >= 15 is 0 Å². The van der Waals surface area contributed by atoms with E-state index in [2.05, 4.69) is 4.90 Å². The molecule has 0 aromatic carbocycles. The fourth-order valence-electron chi connectivity index (χ4n) is 1.78. The van der Waals surface area contributed by atoms with Gasteiger partial charge in [0.2, 0.25) is 0 Å². The van der Waals surface area contributed by atoms with Crippen LogP contribution in [-0.4, -0.2) is 31.3 Å². The molecule has 2 nitrogen and oxygen atoms in total. The summed E-state index contributed by atoms with van der Waals surface area (Å²) in [6.45, 7) is 2.56. The van der Waals surface area contributed by atoms with Gasteiger partial charge in [-0.25, -0.2) is 0 Å². The molecule has 3 aliphatic heterocycles. The van der Waals surface area contributed by atoms with Crippen LogP contribution in [0, 0.1) is 5.92 Å². The van der Waals surface area contributed by atoms with Crippen molar-refractivity contribution in [2.45, 2.75) is 12.6 Å². The summed E-state index contributed by atoms with van der Waals surface area (Å²) < 4.78 is 5.20. The van der Waals surface area contributed by atoms with E-state index in [1.54, 1.807) is 7.11 Å².